The lowest BCUT2D eigenvalue weighted by Gasteiger charge is -2.07. The molecule has 1 aromatic carbocycles. The Labute approximate surface area is 98.2 Å². The standard InChI is InChI=1S/C11H13N5O/c12-11(17)16-9-3-1-2-8(4-9)14-6-10-5-13-7-15-10/h1-5,7,14H,6H2,(H,13,15)(H3,12,16,17). The normalized spacial score (nSPS) is 9.88. The molecule has 0 aliphatic heterocycles. The third kappa shape index (κ3) is 3.23. The Hall–Kier alpha value is -2.50. The van der Waals surface area contributed by atoms with Gasteiger partial charge in [0.1, 0.15) is 0 Å². The number of hydrogen-bond donors (Lipinski definition) is 4. The Morgan fingerprint density at radius 1 is 1.41 bits per heavy atom. The lowest BCUT2D eigenvalue weighted by atomic mass is 10.2. The van der Waals surface area contributed by atoms with E-state index in [2.05, 4.69) is 20.6 Å². The van der Waals surface area contributed by atoms with Crippen molar-refractivity contribution in [3.8, 4) is 0 Å². The van der Waals surface area contributed by atoms with Crippen LogP contribution in [0.2, 0.25) is 0 Å². The first-order valence-corrected chi connectivity index (χ1v) is 5.12. The third-order valence-corrected chi connectivity index (χ3v) is 2.17. The van der Waals surface area contributed by atoms with Crippen molar-refractivity contribution in [2.75, 3.05) is 10.6 Å². The summed E-state index contributed by atoms with van der Waals surface area (Å²) in [4.78, 5) is 17.6. The Morgan fingerprint density at radius 2 is 2.24 bits per heavy atom. The molecule has 17 heavy (non-hydrogen) atoms. The van der Waals surface area contributed by atoms with Crippen LogP contribution in [0.15, 0.2) is 36.8 Å². The van der Waals surface area contributed by atoms with Crippen LogP contribution in [0, 0.1) is 0 Å². The summed E-state index contributed by atoms with van der Waals surface area (Å²) < 4.78 is 0. The van der Waals surface area contributed by atoms with Crippen LogP contribution in [0.3, 0.4) is 0 Å². The van der Waals surface area contributed by atoms with E-state index in [9.17, 15) is 4.79 Å². The molecule has 0 aliphatic carbocycles. The number of carbonyl (C=O) groups is 1. The summed E-state index contributed by atoms with van der Waals surface area (Å²) >= 11 is 0. The number of primary amides is 1. The van der Waals surface area contributed by atoms with Crippen molar-refractivity contribution in [3.05, 3.63) is 42.5 Å². The predicted molar refractivity (Wildman–Crippen MR) is 65.6 cm³/mol. The summed E-state index contributed by atoms with van der Waals surface area (Å²) in [7, 11) is 0. The van der Waals surface area contributed by atoms with E-state index < -0.39 is 6.03 Å². The maximum absolute atomic E-state index is 10.7. The zero-order valence-corrected chi connectivity index (χ0v) is 9.10. The molecule has 1 heterocycles. The maximum atomic E-state index is 10.7. The highest BCUT2D eigenvalue weighted by Gasteiger charge is 1.98. The van der Waals surface area contributed by atoms with Gasteiger partial charge in [0.05, 0.1) is 18.6 Å². The van der Waals surface area contributed by atoms with Gasteiger partial charge in [0.25, 0.3) is 0 Å². The van der Waals surface area contributed by atoms with Crippen LogP contribution in [0.1, 0.15) is 5.69 Å². The molecule has 0 aliphatic rings. The van der Waals surface area contributed by atoms with Crippen molar-refractivity contribution < 1.29 is 4.79 Å². The minimum atomic E-state index is -0.573. The number of urea groups is 1. The molecule has 0 saturated carbocycles. The zero-order chi connectivity index (χ0) is 12.1. The summed E-state index contributed by atoms with van der Waals surface area (Å²) in [6.45, 7) is 0.639. The van der Waals surface area contributed by atoms with Gasteiger partial charge < -0.3 is 21.4 Å². The predicted octanol–water partition coefficient (Wildman–Crippen LogP) is 1.51. The van der Waals surface area contributed by atoms with Gasteiger partial charge in [0, 0.05) is 17.6 Å². The number of benzene rings is 1. The molecule has 0 unspecified atom stereocenters. The second-order valence-electron chi connectivity index (χ2n) is 3.50. The summed E-state index contributed by atoms with van der Waals surface area (Å²) in [6, 6.07) is 6.74. The van der Waals surface area contributed by atoms with Gasteiger partial charge >= 0.3 is 6.03 Å². The quantitative estimate of drug-likeness (QED) is 0.642. The van der Waals surface area contributed by atoms with Crippen LogP contribution in [0.4, 0.5) is 16.2 Å². The summed E-state index contributed by atoms with van der Waals surface area (Å²) in [5, 5.41) is 5.71. The van der Waals surface area contributed by atoms with Gasteiger partial charge in [-0.15, -0.1) is 0 Å². The van der Waals surface area contributed by atoms with Gasteiger partial charge in [-0.3, -0.25) is 0 Å². The fourth-order valence-corrected chi connectivity index (χ4v) is 1.43. The molecule has 6 heteroatoms. The summed E-state index contributed by atoms with van der Waals surface area (Å²) in [5.74, 6) is 0. The van der Waals surface area contributed by atoms with Crippen LogP contribution in [-0.4, -0.2) is 16.0 Å². The fourth-order valence-electron chi connectivity index (χ4n) is 1.43. The molecule has 88 valence electrons. The first-order chi connectivity index (χ1) is 8.24. The number of rotatable bonds is 4. The second-order valence-corrected chi connectivity index (χ2v) is 3.50. The number of nitrogens with one attached hydrogen (secondary N) is 3. The van der Waals surface area contributed by atoms with Crippen molar-refractivity contribution in [3.63, 3.8) is 0 Å². The highest BCUT2D eigenvalue weighted by molar-refractivity contribution is 5.88. The Kier molecular flexibility index (Phi) is 3.25. The number of amides is 2. The van der Waals surface area contributed by atoms with Crippen molar-refractivity contribution in [1.82, 2.24) is 9.97 Å². The van der Waals surface area contributed by atoms with Gasteiger partial charge in [-0.2, -0.15) is 0 Å². The van der Waals surface area contributed by atoms with Gasteiger partial charge in [-0.25, -0.2) is 9.78 Å². The minimum absolute atomic E-state index is 0.573. The first-order valence-electron chi connectivity index (χ1n) is 5.12. The number of hydrogen-bond acceptors (Lipinski definition) is 3. The topological polar surface area (TPSA) is 95.8 Å². The van der Waals surface area contributed by atoms with E-state index in [1.165, 1.54) is 0 Å². The number of aromatic amines is 1. The van der Waals surface area contributed by atoms with Crippen LogP contribution in [-0.2, 0) is 6.54 Å². The average Bonchev–Trinajstić information content (AvgIpc) is 2.79. The molecular formula is C11H13N5O. The molecule has 0 radical (unpaired) electrons. The lowest BCUT2D eigenvalue weighted by molar-refractivity contribution is 0.259. The van der Waals surface area contributed by atoms with Crippen LogP contribution < -0.4 is 16.4 Å². The van der Waals surface area contributed by atoms with E-state index in [4.69, 9.17) is 5.73 Å². The lowest BCUT2D eigenvalue weighted by Crippen LogP contribution is -2.19. The van der Waals surface area contributed by atoms with E-state index in [1.54, 1.807) is 24.7 Å². The van der Waals surface area contributed by atoms with Crippen molar-refractivity contribution in [2.45, 2.75) is 6.54 Å². The molecule has 6 nitrogen and oxygen atoms in total. The van der Waals surface area contributed by atoms with Crippen molar-refractivity contribution >= 4 is 17.4 Å². The Bertz CT molecular complexity index is 494. The average molecular weight is 231 g/mol. The van der Waals surface area contributed by atoms with E-state index in [0.717, 1.165) is 11.4 Å². The molecule has 0 bridgehead atoms. The van der Waals surface area contributed by atoms with Gasteiger partial charge in [-0.05, 0) is 18.2 Å². The van der Waals surface area contributed by atoms with Crippen LogP contribution in [0.5, 0.6) is 0 Å². The number of aromatic nitrogens is 2. The van der Waals surface area contributed by atoms with Crippen molar-refractivity contribution in [1.29, 1.82) is 0 Å². The molecule has 0 fully saturated rings. The smallest absolute Gasteiger partial charge is 0.316 e. The van der Waals surface area contributed by atoms with Crippen LogP contribution in [0.25, 0.3) is 0 Å². The van der Waals surface area contributed by atoms with Gasteiger partial charge in [0.2, 0.25) is 0 Å². The molecule has 0 saturated heterocycles. The monoisotopic (exact) mass is 231 g/mol. The molecule has 2 amide bonds. The molecule has 0 atom stereocenters. The molecule has 0 spiro atoms. The highest BCUT2D eigenvalue weighted by Crippen LogP contribution is 2.15. The van der Waals surface area contributed by atoms with Crippen molar-refractivity contribution in [2.24, 2.45) is 5.73 Å². The van der Waals surface area contributed by atoms with E-state index in [-0.39, 0.29) is 0 Å². The highest BCUT2D eigenvalue weighted by atomic mass is 16.2. The Balaban J connectivity index is 1.98. The number of anilines is 2. The van der Waals surface area contributed by atoms with E-state index in [1.807, 2.05) is 12.1 Å². The maximum Gasteiger partial charge on any atom is 0.316 e. The number of nitrogens with zero attached hydrogens (tertiary/aromatic N) is 1. The number of imidazole rings is 1. The van der Waals surface area contributed by atoms with E-state index >= 15 is 0 Å². The Morgan fingerprint density at radius 3 is 2.94 bits per heavy atom. The molecular weight excluding hydrogens is 218 g/mol. The molecule has 5 N–H and O–H groups in total. The van der Waals surface area contributed by atoms with Gasteiger partial charge in [-0.1, -0.05) is 6.07 Å². The van der Waals surface area contributed by atoms with E-state index in [0.29, 0.717) is 12.2 Å². The molecule has 2 rings (SSSR count). The molecule has 2 aromatic rings. The summed E-state index contributed by atoms with van der Waals surface area (Å²) in [5.41, 5.74) is 7.58. The SMILES string of the molecule is NC(=O)Nc1cccc(NCc2cnc[nH]2)c1. The number of H-pyrrole nitrogens is 1. The van der Waals surface area contributed by atoms with Gasteiger partial charge in [0.15, 0.2) is 0 Å². The minimum Gasteiger partial charge on any atom is -0.379 e. The fraction of sp³-hybridized carbons (Fsp3) is 0.0909. The number of carbonyl (C=O) groups excluding carboxylic acids is 1. The second kappa shape index (κ2) is 5.02. The first kappa shape index (κ1) is 11.0. The van der Waals surface area contributed by atoms with Crippen LogP contribution >= 0.6 is 0 Å². The molecule has 1 aromatic heterocycles. The number of nitrogens with two attached hydrogens (primary N) is 1. The summed E-state index contributed by atoms with van der Waals surface area (Å²) in [6.07, 6.45) is 3.38. The zero-order valence-electron chi connectivity index (χ0n) is 9.10. The third-order valence-electron chi connectivity index (χ3n) is 2.17. The largest absolute Gasteiger partial charge is 0.379 e.